The zero-order valence-corrected chi connectivity index (χ0v) is 38.1. The summed E-state index contributed by atoms with van der Waals surface area (Å²) in [6.45, 7) is 2.28. The molecule has 0 saturated carbocycles. The Bertz CT molecular complexity index is 1160. The van der Waals surface area contributed by atoms with Gasteiger partial charge in [0, 0.05) is 12.8 Å². The summed E-state index contributed by atoms with van der Waals surface area (Å²) < 4.78 is 32.7. The molecule has 3 atom stereocenters. The van der Waals surface area contributed by atoms with Crippen molar-refractivity contribution in [1.29, 1.82) is 0 Å². The molecule has 0 aliphatic heterocycles. The first-order valence-electron chi connectivity index (χ1n) is 23.2. The number of allylic oxidation sites excluding steroid dienone is 10. The fraction of sp³-hybridized carbons (Fsp3) is 0.750. The largest absolute Gasteiger partial charge is 0.472 e. The predicted octanol–water partition coefficient (Wildman–Crippen LogP) is 12.7. The lowest BCUT2D eigenvalue weighted by molar-refractivity contribution is -0.161. The second-order valence-corrected chi connectivity index (χ2v) is 16.9. The average Bonchev–Trinajstić information content (AvgIpc) is 3.22. The Kier molecular flexibility index (Phi) is 42.0. The molecule has 0 aromatic rings. The van der Waals surface area contributed by atoms with Crippen LogP contribution in [0, 0.1) is 0 Å². The second kappa shape index (κ2) is 43.7. The number of phosphoric acid groups is 1. The van der Waals surface area contributed by atoms with Gasteiger partial charge in [0.2, 0.25) is 0 Å². The minimum atomic E-state index is -4.63. The summed E-state index contributed by atoms with van der Waals surface area (Å²) in [7, 11) is -4.63. The van der Waals surface area contributed by atoms with Crippen LogP contribution < -0.4 is 0 Å². The van der Waals surface area contributed by atoms with E-state index in [0.29, 0.717) is 12.8 Å². The summed E-state index contributed by atoms with van der Waals surface area (Å²) in [6.07, 6.45) is 49.0. The number of ether oxygens (including phenoxy) is 2. The molecule has 10 nitrogen and oxygen atoms in total. The Morgan fingerprint density at radius 2 is 0.915 bits per heavy atom. The number of aliphatic hydroxyl groups is 2. The summed E-state index contributed by atoms with van der Waals surface area (Å²) in [5.74, 6) is -0.964. The van der Waals surface area contributed by atoms with E-state index in [9.17, 15) is 24.2 Å². The number of unbranched alkanes of at least 4 members (excludes halogenated alkanes) is 19. The molecule has 0 heterocycles. The maximum atomic E-state index is 12.6. The highest BCUT2D eigenvalue weighted by molar-refractivity contribution is 7.47. The second-order valence-electron chi connectivity index (χ2n) is 15.4. The molecular weight excluding hydrogens is 767 g/mol. The first-order chi connectivity index (χ1) is 28.7. The molecule has 1 unspecified atom stereocenters. The smallest absolute Gasteiger partial charge is 0.462 e. The van der Waals surface area contributed by atoms with Crippen LogP contribution in [-0.4, -0.2) is 65.7 Å². The fourth-order valence-corrected chi connectivity index (χ4v) is 6.83. The van der Waals surface area contributed by atoms with Crippen LogP contribution in [0.3, 0.4) is 0 Å². The third-order valence-electron chi connectivity index (χ3n) is 9.63. The first-order valence-corrected chi connectivity index (χ1v) is 24.7. The normalized spacial score (nSPS) is 14.3. The zero-order chi connectivity index (χ0) is 43.3. The fourth-order valence-electron chi connectivity index (χ4n) is 6.04. The molecule has 0 aromatic heterocycles. The van der Waals surface area contributed by atoms with Crippen LogP contribution >= 0.6 is 7.82 Å². The van der Waals surface area contributed by atoms with Crippen molar-refractivity contribution in [3.05, 3.63) is 60.8 Å². The molecule has 11 heteroatoms. The number of rotatable bonds is 43. The standard InChI is InChI=1S/C48H85O10P/c1-3-5-7-9-11-13-15-17-19-21-22-24-25-27-29-31-33-35-37-39-47(51)55-43-46(44-57-59(53,54)56-42-45(50)41-49)58-48(52)40-38-36-34-32-30-28-26-23-20-18-16-14-12-10-8-6-4-2/h8,10,14,16-17,19-20,23,28,30,45-46,49-50H,3-7,9,11-13,15,18,21-22,24-27,29,31-44H2,1-2H3,(H,53,54)/b10-8+,16-14+,19-17+,23-20+,30-28+/t45-,46+/m0/s1. The average molecular weight is 853 g/mol. The molecule has 0 aliphatic carbocycles. The van der Waals surface area contributed by atoms with Crippen molar-refractivity contribution in [1.82, 2.24) is 0 Å². The van der Waals surface area contributed by atoms with Crippen molar-refractivity contribution in [3.8, 4) is 0 Å². The van der Waals surface area contributed by atoms with Gasteiger partial charge in [-0.25, -0.2) is 4.57 Å². The van der Waals surface area contributed by atoms with E-state index in [0.717, 1.165) is 64.2 Å². The number of carbonyl (C=O) groups excluding carboxylic acids is 2. The van der Waals surface area contributed by atoms with E-state index < -0.39 is 51.8 Å². The van der Waals surface area contributed by atoms with Gasteiger partial charge in [0.1, 0.15) is 12.7 Å². The van der Waals surface area contributed by atoms with E-state index in [1.54, 1.807) is 0 Å². The summed E-state index contributed by atoms with van der Waals surface area (Å²) in [6, 6.07) is 0. The van der Waals surface area contributed by atoms with E-state index in [1.165, 1.54) is 89.9 Å². The third kappa shape index (κ3) is 43.6. The Balaban J connectivity index is 4.30. The third-order valence-corrected chi connectivity index (χ3v) is 10.6. The first kappa shape index (κ1) is 56.7. The molecule has 0 fully saturated rings. The highest BCUT2D eigenvalue weighted by atomic mass is 31.2. The minimum absolute atomic E-state index is 0.144. The van der Waals surface area contributed by atoms with Crippen molar-refractivity contribution >= 4 is 19.8 Å². The van der Waals surface area contributed by atoms with Crippen LogP contribution in [0.4, 0.5) is 0 Å². The lowest BCUT2D eigenvalue weighted by Gasteiger charge is -2.20. The lowest BCUT2D eigenvalue weighted by atomic mass is 10.1. The quantitative estimate of drug-likeness (QED) is 0.0234. The zero-order valence-electron chi connectivity index (χ0n) is 37.2. The van der Waals surface area contributed by atoms with Gasteiger partial charge in [-0.3, -0.25) is 18.6 Å². The van der Waals surface area contributed by atoms with Gasteiger partial charge in [-0.15, -0.1) is 0 Å². The molecule has 3 N–H and O–H groups in total. The molecular formula is C48H85O10P. The van der Waals surface area contributed by atoms with Crippen molar-refractivity contribution in [2.45, 2.75) is 206 Å². The van der Waals surface area contributed by atoms with Crippen molar-refractivity contribution in [2.75, 3.05) is 26.4 Å². The van der Waals surface area contributed by atoms with Crippen LogP contribution in [0.5, 0.6) is 0 Å². The minimum Gasteiger partial charge on any atom is -0.462 e. The van der Waals surface area contributed by atoms with Crippen LogP contribution in [-0.2, 0) is 32.7 Å². The number of aliphatic hydroxyl groups excluding tert-OH is 2. The van der Waals surface area contributed by atoms with Crippen LogP contribution in [0.25, 0.3) is 0 Å². The molecule has 0 radical (unpaired) electrons. The van der Waals surface area contributed by atoms with Crippen molar-refractivity contribution in [2.24, 2.45) is 0 Å². The van der Waals surface area contributed by atoms with Crippen LogP contribution in [0.2, 0.25) is 0 Å². The van der Waals surface area contributed by atoms with E-state index in [2.05, 4.69) is 74.6 Å². The Labute approximate surface area is 359 Å². The molecule has 0 aromatic carbocycles. The maximum Gasteiger partial charge on any atom is 0.472 e. The molecule has 0 bridgehead atoms. The van der Waals surface area contributed by atoms with Gasteiger partial charge in [-0.05, 0) is 77.0 Å². The molecule has 0 rings (SSSR count). The van der Waals surface area contributed by atoms with E-state index >= 15 is 0 Å². The number of hydrogen-bond donors (Lipinski definition) is 3. The summed E-state index contributed by atoms with van der Waals surface area (Å²) in [5.41, 5.74) is 0. The number of carbonyl (C=O) groups is 2. The topological polar surface area (TPSA) is 149 Å². The van der Waals surface area contributed by atoms with Gasteiger partial charge in [-0.1, -0.05) is 164 Å². The van der Waals surface area contributed by atoms with Gasteiger partial charge in [0.15, 0.2) is 6.10 Å². The Hall–Kier alpha value is -2.33. The van der Waals surface area contributed by atoms with Crippen LogP contribution in [0.1, 0.15) is 194 Å². The summed E-state index contributed by atoms with van der Waals surface area (Å²) in [4.78, 5) is 35.1. The molecule has 0 aliphatic rings. The molecule has 342 valence electrons. The number of hydrogen-bond acceptors (Lipinski definition) is 9. The highest BCUT2D eigenvalue weighted by Crippen LogP contribution is 2.43. The SMILES string of the molecule is CCC/C=C/C/C=C/C/C=C/C/C=C/CCCCCC(=O)O[C@H](COC(=O)CCCCCCCCCCC/C=C/CCCCCCCC)COP(=O)(O)OC[C@@H](O)CO. The highest BCUT2D eigenvalue weighted by Gasteiger charge is 2.27. The van der Waals surface area contributed by atoms with Gasteiger partial charge in [-0.2, -0.15) is 0 Å². The Morgan fingerprint density at radius 1 is 0.508 bits per heavy atom. The molecule has 0 amide bonds. The lowest BCUT2D eigenvalue weighted by Crippen LogP contribution is -2.29. The van der Waals surface area contributed by atoms with Gasteiger partial charge < -0.3 is 24.6 Å². The summed E-state index contributed by atoms with van der Waals surface area (Å²) in [5, 5.41) is 18.4. The Morgan fingerprint density at radius 3 is 1.42 bits per heavy atom. The van der Waals surface area contributed by atoms with Crippen molar-refractivity contribution in [3.63, 3.8) is 0 Å². The van der Waals surface area contributed by atoms with Gasteiger partial charge in [0.25, 0.3) is 0 Å². The van der Waals surface area contributed by atoms with Gasteiger partial charge in [0.05, 0.1) is 19.8 Å². The van der Waals surface area contributed by atoms with E-state index in [4.69, 9.17) is 23.6 Å². The van der Waals surface area contributed by atoms with E-state index in [1.807, 2.05) is 0 Å². The van der Waals surface area contributed by atoms with Gasteiger partial charge >= 0.3 is 19.8 Å². The maximum absolute atomic E-state index is 12.6. The van der Waals surface area contributed by atoms with Crippen molar-refractivity contribution < 1.29 is 47.8 Å². The molecule has 0 spiro atoms. The molecule has 0 saturated heterocycles. The van der Waals surface area contributed by atoms with Crippen LogP contribution in [0.15, 0.2) is 60.8 Å². The summed E-state index contributed by atoms with van der Waals surface area (Å²) >= 11 is 0. The predicted molar refractivity (Wildman–Crippen MR) is 242 cm³/mol. The number of phosphoric ester groups is 1. The number of esters is 2. The van der Waals surface area contributed by atoms with E-state index in [-0.39, 0.29) is 19.4 Å². The monoisotopic (exact) mass is 853 g/mol. The molecule has 59 heavy (non-hydrogen) atoms.